The largest absolute Gasteiger partial charge is 0.469 e. The SMILES string of the molecule is CCC(C)[C@H](NC(=O)C1CCCCN1C)C(=O)N(C)C(C[C@@H](O)c1nc(C(=O)NC2(C[C@H](C)C(=O)OC)CC2c2ccc(-c3ccccc3)cc2)cs1)C(C)C. The van der Waals surface area contributed by atoms with Gasteiger partial charge in [-0.3, -0.25) is 24.1 Å². The molecule has 2 heterocycles. The molecular formula is C44H61N5O6S. The Labute approximate surface area is 336 Å². The third kappa shape index (κ3) is 10.0. The second kappa shape index (κ2) is 18.9. The Hall–Kier alpha value is -4.13. The molecule has 3 N–H and O–H groups in total. The summed E-state index contributed by atoms with van der Waals surface area (Å²) in [5.41, 5.74) is 2.82. The lowest BCUT2D eigenvalue weighted by Gasteiger charge is -2.38. The van der Waals surface area contributed by atoms with Crippen molar-refractivity contribution < 1.29 is 29.0 Å². The summed E-state index contributed by atoms with van der Waals surface area (Å²) in [6, 6.07) is 17.2. The van der Waals surface area contributed by atoms with Gasteiger partial charge in [-0.05, 0) is 67.8 Å². The number of hydrogen-bond acceptors (Lipinski definition) is 9. The van der Waals surface area contributed by atoms with Crippen molar-refractivity contribution in [3.63, 3.8) is 0 Å². The first-order valence-corrected chi connectivity index (χ1v) is 21.0. The number of amides is 3. The molecule has 1 aliphatic heterocycles. The van der Waals surface area contributed by atoms with Crippen LogP contribution in [0.4, 0.5) is 0 Å². The lowest BCUT2D eigenvalue weighted by Crippen LogP contribution is -2.58. The van der Waals surface area contributed by atoms with E-state index in [0.29, 0.717) is 24.3 Å². The van der Waals surface area contributed by atoms with Gasteiger partial charge >= 0.3 is 5.97 Å². The third-order valence-electron chi connectivity index (χ3n) is 12.1. The third-order valence-corrected chi connectivity index (χ3v) is 13.0. The standard InChI is InChI=1S/C44H61N5O6S/c1-9-28(4)38(46-40(52)35-17-13-14-22-48(35)6)42(53)49(7)36(27(2)3)23-37(50)41-45-34(26-56-41)39(51)47-44(24-29(5)43(54)55-8)25-33(44)32-20-18-31(19-21-32)30-15-11-10-12-16-30/h10-12,15-16,18-21,26-29,33,35-38,50H,9,13-14,17,22-25H2,1-8H3,(H,46,52)(H,47,51)/t28?,29-,33?,35?,36?,37+,38-,44?/m0/s1. The molecule has 0 bridgehead atoms. The number of likely N-dealkylation sites (tertiary alicyclic amines) is 1. The minimum Gasteiger partial charge on any atom is -0.469 e. The van der Waals surface area contributed by atoms with E-state index in [1.165, 1.54) is 18.4 Å². The number of aliphatic hydroxyl groups excluding tert-OH is 1. The molecule has 1 aliphatic carbocycles. The monoisotopic (exact) mass is 787 g/mol. The minimum absolute atomic E-state index is 0.000407. The van der Waals surface area contributed by atoms with Gasteiger partial charge in [0.25, 0.3) is 5.91 Å². The Morgan fingerprint density at radius 3 is 2.34 bits per heavy atom. The summed E-state index contributed by atoms with van der Waals surface area (Å²) in [7, 11) is 5.07. The number of hydrogen-bond donors (Lipinski definition) is 3. The van der Waals surface area contributed by atoms with Crippen LogP contribution in [0.15, 0.2) is 60.0 Å². The van der Waals surface area contributed by atoms with Crippen molar-refractivity contribution in [2.24, 2.45) is 17.8 Å². The smallest absolute Gasteiger partial charge is 0.308 e. The van der Waals surface area contributed by atoms with Gasteiger partial charge in [-0.1, -0.05) is 102 Å². The summed E-state index contributed by atoms with van der Waals surface area (Å²) in [5.74, 6) is -1.53. The Bertz CT molecular complexity index is 1800. The van der Waals surface area contributed by atoms with Crippen molar-refractivity contribution in [1.29, 1.82) is 0 Å². The minimum atomic E-state index is -1.03. The predicted octanol–water partition coefficient (Wildman–Crippen LogP) is 6.59. The van der Waals surface area contributed by atoms with Crippen LogP contribution < -0.4 is 10.6 Å². The molecule has 2 aromatic carbocycles. The van der Waals surface area contributed by atoms with Gasteiger partial charge in [-0.15, -0.1) is 11.3 Å². The second-order valence-electron chi connectivity index (χ2n) is 16.4. The maximum atomic E-state index is 14.1. The number of ether oxygens (including phenoxy) is 1. The molecule has 3 aromatic rings. The molecule has 1 saturated heterocycles. The van der Waals surface area contributed by atoms with Gasteiger partial charge in [0, 0.05) is 36.3 Å². The number of nitrogens with one attached hydrogen (secondary N) is 2. The average molecular weight is 788 g/mol. The molecule has 5 rings (SSSR count). The fourth-order valence-electron chi connectivity index (χ4n) is 8.29. The quantitative estimate of drug-likeness (QED) is 0.130. The molecule has 0 spiro atoms. The number of piperidine rings is 1. The lowest BCUT2D eigenvalue weighted by molar-refractivity contribution is -0.145. The Kier molecular flexibility index (Phi) is 14.5. The van der Waals surface area contributed by atoms with Crippen molar-refractivity contribution >= 4 is 35.0 Å². The van der Waals surface area contributed by atoms with Crippen molar-refractivity contribution in [3.8, 4) is 11.1 Å². The molecule has 1 aromatic heterocycles. The van der Waals surface area contributed by atoms with Crippen LogP contribution in [-0.4, -0.2) is 95.0 Å². The summed E-state index contributed by atoms with van der Waals surface area (Å²) in [6.07, 6.45) is 3.78. The summed E-state index contributed by atoms with van der Waals surface area (Å²) >= 11 is 1.20. The van der Waals surface area contributed by atoms with Crippen LogP contribution >= 0.6 is 11.3 Å². The van der Waals surface area contributed by atoms with E-state index in [4.69, 9.17) is 4.74 Å². The molecule has 12 heteroatoms. The second-order valence-corrected chi connectivity index (χ2v) is 17.3. The molecule has 1 saturated carbocycles. The van der Waals surface area contributed by atoms with Gasteiger partial charge in [0.15, 0.2) is 0 Å². The molecule has 8 atom stereocenters. The molecule has 5 unspecified atom stereocenters. The maximum Gasteiger partial charge on any atom is 0.308 e. The van der Waals surface area contributed by atoms with Crippen molar-refractivity contribution in [2.75, 3.05) is 27.7 Å². The van der Waals surface area contributed by atoms with Gasteiger partial charge in [-0.2, -0.15) is 0 Å². The van der Waals surface area contributed by atoms with Crippen molar-refractivity contribution in [2.45, 2.75) is 115 Å². The fourth-order valence-corrected chi connectivity index (χ4v) is 9.09. The van der Waals surface area contributed by atoms with Crippen LogP contribution in [0.5, 0.6) is 0 Å². The van der Waals surface area contributed by atoms with E-state index in [1.807, 2.05) is 59.9 Å². The molecule has 0 radical (unpaired) electrons. The Morgan fingerprint density at radius 2 is 1.71 bits per heavy atom. The number of rotatable bonds is 17. The first-order valence-electron chi connectivity index (χ1n) is 20.2. The van der Waals surface area contributed by atoms with Gasteiger partial charge in [-0.25, -0.2) is 4.98 Å². The van der Waals surface area contributed by atoms with Gasteiger partial charge in [0.2, 0.25) is 11.8 Å². The van der Waals surface area contributed by atoms with Crippen molar-refractivity contribution in [3.05, 3.63) is 76.2 Å². The number of aromatic nitrogens is 1. The molecular weight excluding hydrogens is 727 g/mol. The normalized spacial score (nSPS) is 22.3. The van der Waals surface area contributed by atoms with E-state index in [-0.39, 0.29) is 65.6 Å². The first-order chi connectivity index (χ1) is 26.7. The average Bonchev–Trinajstić information content (AvgIpc) is 3.64. The first kappa shape index (κ1) is 43.0. The number of carbonyl (C=O) groups is 4. The Morgan fingerprint density at radius 1 is 1.04 bits per heavy atom. The molecule has 2 fully saturated rings. The van der Waals surface area contributed by atoms with Crippen LogP contribution in [0, 0.1) is 17.8 Å². The van der Waals surface area contributed by atoms with Crippen LogP contribution in [0.25, 0.3) is 11.1 Å². The van der Waals surface area contributed by atoms with Crippen LogP contribution in [0.1, 0.15) is 113 Å². The highest BCUT2D eigenvalue weighted by Gasteiger charge is 2.57. The van der Waals surface area contributed by atoms with E-state index in [0.717, 1.165) is 42.5 Å². The van der Waals surface area contributed by atoms with E-state index >= 15 is 0 Å². The van der Waals surface area contributed by atoms with Gasteiger partial charge in [0.05, 0.1) is 19.1 Å². The molecule has 56 heavy (non-hydrogen) atoms. The highest BCUT2D eigenvalue weighted by Crippen LogP contribution is 2.55. The lowest BCUT2D eigenvalue weighted by atomic mass is 9.92. The van der Waals surface area contributed by atoms with Gasteiger partial charge < -0.3 is 25.4 Å². The zero-order valence-electron chi connectivity index (χ0n) is 34.3. The number of methoxy groups -OCH3 is 1. The maximum absolute atomic E-state index is 14.1. The van der Waals surface area contributed by atoms with E-state index in [1.54, 1.807) is 17.3 Å². The fraction of sp³-hybridized carbons (Fsp3) is 0.568. The molecule has 3 amide bonds. The zero-order valence-corrected chi connectivity index (χ0v) is 35.1. The number of likely N-dealkylation sites (N-methyl/N-ethyl adjacent to an activating group) is 2. The molecule has 11 nitrogen and oxygen atoms in total. The topological polar surface area (TPSA) is 141 Å². The van der Waals surface area contributed by atoms with Gasteiger partial charge in [0.1, 0.15) is 22.8 Å². The van der Waals surface area contributed by atoms with E-state index in [9.17, 15) is 24.3 Å². The number of carbonyl (C=O) groups excluding carboxylic acids is 4. The summed E-state index contributed by atoms with van der Waals surface area (Å²) < 4.78 is 5.03. The summed E-state index contributed by atoms with van der Waals surface area (Å²) in [6.45, 7) is 10.7. The number of nitrogens with zero attached hydrogens (tertiary/aromatic N) is 3. The van der Waals surface area contributed by atoms with Crippen molar-refractivity contribution in [1.82, 2.24) is 25.4 Å². The highest BCUT2D eigenvalue weighted by molar-refractivity contribution is 7.09. The Balaban J connectivity index is 1.27. The molecule has 2 aliphatic rings. The molecule has 304 valence electrons. The number of benzene rings is 2. The van der Waals surface area contributed by atoms with Crippen LogP contribution in [0.3, 0.4) is 0 Å². The highest BCUT2D eigenvalue weighted by atomic mass is 32.1. The van der Waals surface area contributed by atoms with Crippen LogP contribution in [0.2, 0.25) is 0 Å². The van der Waals surface area contributed by atoms with E-state index in [2.05, 4.69) is 56.9 Å². The number of thiazole rings is 1. The summed E-state index contributed by atoms with van der Waals surface area (Å²) in [5, 5.41) is 19.9. The number of aliphatic hydroxyl groups is 1. The predicted molar refractivity (Wildman–Crippen MR) is 220 cm³/mol. The van der Waals surface area contributed by atoms with E-state index < -0.39 is 23.6 Å². The number of esters is 1. The zero-order chi connectivity index (χ0) is 40.7. The van der Waals surface area contributed by atoms with Crippen LogP contribution in [-0.2, 0) is 19.1 Å². The summed E-state index contributed by atoms with van der Waals surface area (Å²) in [4.78, 5) is 62.2.